The molecule has 0 radical (unpaired) electrons. The summed E-state index contributed by atoms with van der Waals surface area (Å²) in [7, 11) is 0. The second-order valence-corrected chi connectivity index (χ2v) is 4.34. The van der Waals surface area contributed by atoms with Crippen LogP contribution in [0.3, 0.4) is 0 Å². The Morgan fingerprint density at radius 2 is 1.74 bits per heavy atom. The Morgan fingerprint density at radius 3 is 2.26 bits per heavy atom. The van der Waals surface area contributed by atoms with Gasteiger partial charge in [-0.2, -0.15) is 0 Å². The highest BCUT2D eigenvalue weighted by Crippen LogP contribution is 2.22. The molecule has 1 rings (SSSR count). The summed E-state index contributed by atoms with van der Waals surface area (Å²) in [5, 5.41) is 0. The molecule has 0 spiro atoms. The number of nitrogens with zero attached hydrogens (tertiary/aromatic N) is 1. The maximum absolute atomic E-state index is 13.4. The van der Waals surface area contributed by atoms with Crippen LogP contribution < -0.4 is 4.90 Å². The van der Waals surface area contributed by atoms with Gasteiger partial charge in [0.1, 0.15) is 5.70 Å². The SMILES string of the molecule is CCOC(=O)C=C(C(=O)OCC)N(CC)c1ccc(F)c(F)c1. The minimum atomic E-state index is -1.06. The van der Waals surface area contributed by atoms with Crippen LogP contribution in [0, 0.1) is 11.6 Å². The van der Waals surface area contributed by atoms with Gasteiger partial charge in [0.25, 0.3) is 0 Å². The minimum Gasteiger partial charge on any atom is -0.463 e. The lowest BCUT2D eigenvalue weighted by Gasteiger charge is -2.24. The Hall–Kier alpha value is -2.44. The number of carbonyl (C=O) groups excluding carboxylic acids is 2. The van der Waals surface area contributed by atoms with Crippen LogP contribution in [0.1, 0.15) is 20.8 Å². The van der Waals surface area contributed by atoms with E-state index in [4.69, 9.17) is 9.47 Å². The third-order valence-electron chi connectivity index (χ3n) is 2.85. The van der Waals surface area contributed by atoms with Crippen molar-refractivity contribution in [2.24, 2.45) is 0 Å². The molecule has 0 aromatic heterocycles. The zero-order valence-electron chi connectivity index (χ0n) is 13.3. The normalized spacial score (nSPS) is 11.1. The Bertz CT molecular complexity index is 602. The molecule has 0 unspecified atom stereocenters. The lowest BCUT2D eigenvalue weighted by atomic mass is 10.2. The summed E-state index contributed by atoms with van der Waals surface area (Å²) in [5.41, 5.74) is 0.105. The Morgan fingerprint density at radius 1 is 1.09 bits per heavy atom. The third-order valence-corrected chi connectivity index (χ3v) is 2.85. The first-order valence-electron chi connectivity index (χ1n) is 7.22. The van der Waals surface area contributed by atoms with E-state index in [1.165, 1.54) is 11.0 Å². The molecule has 0 aliphatic carbocycles. The summed E-state index contributed by atoms with van der Waals surface area (Å²) in [5.74, 6) is -3.54. The molecule has 0 aliphatic heterocycles. The summed E-state index contributed by atoms with van der Waals surface area (Å²) in [6.07, 6.45) is 0.978. The number of esters is 2. The van der Waals surface area contributed by atoms with Gasteiger partial charge >= 0.3 is 11.9 Å². The number of carbonyl (C=O) groups is 2. The number of rotatable bonds is 7. The summed E-state index contributed by atoms with van der Waals surface area (Å²) in [6.45, 7) is 5.42. The fourth-order valence-electron chi connectivity index (χ4n) is 1.89. The zero-order chi connectivity index (χ0) is 17.4. The lowest BCUT2D eigenvalue weighted by Crippen LogP contribution is -2.29. The molecule has 7 heteroatoms. The predicted octanol–water partition coefficient (Wildman–Crippen LogP) is 2.80. The van der Waals surface area contributed by atoms with Crippen LogP contribution in [0.4, 0.5) is 14.5 Å². The van der Waals surface area contributed by atoms with E-state index >= 15 is 0 Å². The summed E-state index contributed by atoms with van der Waals surface area (Å²) >= 11 is 0. The zero-order valence-corrected chi connectivity index (χ0v) is 13.3. The highest BCUT2D eigenvalue weighted by Gasteiger charge is 2.22. The molecule has 0 heterocycles. The van der Waals surface area contributed by atoms with Gasteiger partial charge in [-0.05, 0) is 32.9 Å². The molecule has 0 saturated heterocycles. The van der Waals surface area contributed by atoms with Gasteiger partial charge in [-0.3, -0.25) is 0 Å². The first-order valence-corrected chi connectivity index (χ1v) is 7.22. The second kappa shape index (κ2) is 8.87. The Balaban J connectivity index is 3.26. The van der Waals surface area contributed by atoms with Gasteiger partial charge in [-0.25, -0.2) is 18.4 Å². The van der Waals surface area contributed by atoms with Gasteiger partial charge in [0, 0.05) is 18.3 Å². The molecule has 5 nitrogen and oxygen atoms in total. The fourth-order valence-corrected chi connectivity index (χ4v) is 1.89. The first-order chi connectivity index (χ1) is 10.9. The lowest BCUT2D eigenvalue weighted by molar-refractivity contribution is -0.141. The molecule has 0 bridgehead atoms. The highest BCUT2D eigenvalue weighted by atomic mass is 19.2. The van der Waals surface area contributed by atoms with E-state index in [1.807, 2.05) is 0 Å². The number of hydrogen-bond acceptors (Lipinski definition) is 5. The van der Waals surface area contributed by atoms with Crippen LogP contribution in [-0.4, -0.2) is 31.7 Å². The average molecular weight is 327 g/mol. The average Bonchev–Trinajstić information content (AvgIpc) is 2.51. The monoisotopic (exact) mass is 327 g/mol. The van der Waals surface area contributed by atoms with E-state index in [0.29, 0.717) is 0 Å². The molecule has 0 saturated carbocycles. The van der Waals surface area contributed by atoms with Gasteiger partial charge in [-0.1, -0.05) is 0 Å². The number of hydrogen-bond donors (Lipinski definition) is 0. The molecule has 0 aliphatic rings. The van der Waals surface area contributed by atoms with Gasteiger partial charge < -0.3 is 14.4 Å². The van der Waals surface area contributed by atoms with Crippen LogP contribution >= 0.6 is 0 Å². The van der Waals surface area contributed by atoms with Crippen molar-refractivity contribution in [2.45, 2.75) is 20.8 Å². The quantitative estimate of drug-likeness (QED) is 0.569. The standard InChI is InChI=1S/C16H19F2NO4/c1-4-19(11-7-8-12(17)13(18)9-11)14(16(21)23-6-3)10-15(20)22-5-2/h7-10H,4-6H2,1-3H3. The molecule has 0 amide bonds. The Labute approximate surface area is 133 Å². The molecule has 1 aromatic rings. The first kappa shape index (κ1) is 18.6. The Kier molecular flexibility index (Phi) is 7.18. The molecule has 1 aromatic carbocycles. The molecular formula is C16H19F2NO4. The molecule has 23 heavy (non-hydrogen) atoms. The predicted molar refractivity (Wildman–Crippen MR) is 80.7 cm³/mol. The van der Waals surface area contributed by atoms with Crippen LogP contribution in [0.2, 0.25) is 0 Å². The summed E-state index contributed by atoms with van der Waals surface area (Å²) in [4.78, 5) is 25.1. The molecule has 0 fully saturated rings. The van der Waals surface area contributed by atoms with Crippen molar-refractivity contribution < 1.29 is 27.8 Å². The van der Waals surface area contributed by atoms with Crippen LogP contribution in [0.5, 0.6) is 0 Å². The molecule has 0 N–H and O–H groups in total. The number of benzene rings is 1. The van der Waals surface area contributed by atoms with Gasteiger partial charge in [0.05, 0.1) is 19.3 Å². The number of likely N-dealkylation sites (N-methyl/N-ethyl adjacent to an activating group) is 1. The minimum absolute atomic E-state index is 0.105. The van der Waals surface area contributed by atoms with Crippen molar-refractivity contribution in [3.8, 4) is 0 Å². The van der Waals surface area contributed by atoms with Gasteiger partial charge in [0.2, 0.25) is 0 Å². The molecular weight excluding hydrogens is 308 g/mol. The summed E-state index contributed by atoms with van der Waals surface area (Å²) < 4.78 is 36.2. The molecule has 0 atom stereocenters. The van der Waals surface area contributed by atoms with Crippen molar-refractivity contribution in [1.82, 2.24) is 0 Å². The van der Waals surface area contributed by atoms with Crippen LogP contribution in [-0.2, 0) is 19.1 Å². The maximum atomic E-state index is 13.4. The van der Waals surface area contributed by atoms with Crippen molar-refractivity contribution in [3.63, 3.8) is 0 Å². The van der Waals surface area contributed by atoms with Crippen LogP contribution in [0.15, 0.2) is 30.0 Å². The molecule has 126 valence electrons. The highest BCUT2D eigenvalue weighted by molar-refractivity contribution is 5.99. The van der Waals surface area contributed by atoms with E-state index in [9.17, 15) is 18.4 Å². The topological polar surface area (TPSA) is 55.8 Å². The van der Waals surface area contributed by atoms with Crippen molar-refractivity contribution in [1.29, 1.82) is 0 Å². The van der Waals surface area contributed by atoms with Crippen molar-refractivity contribution in [2.75, 3.05) is 24.7 Å². The van der Waals surface area contributed by atoms with E-state index in [1.54, 1.807) is 20.8 Å². The van der Waals surface area contributed by atoms with E-state index in [-0.39, 0.29) is 31.1 Å². The van der Waals surface area contributed by atoms with E-state index in [2.05, 4.69) is 0 Å². The second-order valence-electron chi connectivity index (χ2n) is 4.34. The fraction of sp³-hybridized carbons (Fsp3) is 0.375. The summed E-state index contributed by atoms with van der Waals surface area (Å²) in [6, 6.07) is 3.19. The largest absolute Gasteiger partial charge is 0.463 e. The van der Waals surface area contributed by atoms with Crippen LogP contribution in [0.25, 0.3) is 0 Å². The third kappa shape index (κ3) is 5.05. The van der Waals surface area contributed by atoms with Crippen molar-refractivity contribution >= 4 is 17.6 Å². The van der Waals surface area contributed by atoms with Gasteiger partial charge in [-0.15, -0.1) is 0 Å². The number of anilines is 1. The number of halogens is 2. The van der Waals surface area contributed by atoms with E-state index in [0.717, 1.165) is 18.2 Å². The van der Waals surface area contributed by atoms with Gasteiger partial charge in [0.15, 0.2) is 11.6 Å². The van der Waals surface area contributed by atoms with E-state index < -0.39 is 23.6 Å². The maximum Gasteiger partial charge on any atom is 0.355 e. The number of ether oxygens (including phenoxy) is 2. The smallest absolute Gasteiger partial charge is 0.355 e. The van der Waals surface area contributed by atoms with Crippen molar-refractivity contribution in [3.05, 3.63) is 41.6 Å².